The van der Waals surface area contributed by atoms with Crippen molar-refractivity contribution in [3.8, 4) is 17.0 Å². The Morgan fingerprint density at radius 2 is 2.12 bits per heavy atom. The van der Waals surface area contributed by atoms with Crippen molar-refractivity contribution >= 4 is 26.8 Å². The van der Waals surface area contributed by atoms with Crippen molar-refractivity contribution in [3.63, 3.8) is 0 Å². The van der Waals surface area contributed by atoms with E-state index in [-0.39, 0.29) is 30.0 Å². The van der Waals surface area contributed by atoms with Crippen molar-refractivity contribution in [3.05, 3.63) is 65.7 Å². The second-order valence-electron chi connectivity index (χ2n) is 8.33. The minimum absolute atomic E-state index is 0.00824. The van der Waals surface area contributed by atoms with Gasteiger partial charge in [-0.1, -0.05) is 12.1 Å². The molecule has 4 heterocycles. The molecular weight excluding hydrogens is 456 g/mol. The third kappa shape index (κ3) is 4.16. The van der Waals surface area contributed by atoms with Crippen molar-refractivity contribution < 1.29 is 22.4 Å². The molecule has 1 aromatic carbocycles. The molecule has 5 rings (SSSR count). The number of nitrogens with one attached hydrogen (secondary N) is 1. The zero-order valence-electron chi connectivity index (χ0n) is 18.8. The van der Waals surface area contributed by atoms with E-state index in [1.165, 1.54) is 0 Å². The lowest BCUT2D eigenvalue weighted by atomic mass is 10.0. The summed E-state index contributed by atoms with van der Waals surface area (Å²) < 4.78 is 36.6. The van der Waals surface area contributed by atoms with E-state index in [2.05, 4.69) is 10.4 Å². The van der Waals surface area contributed by atoms with E-state index in [1.807, 2.05) is 24.3 Å². The maximum absolute atomic E-state index is 13.3. The summed E-state index contributed by atoms with van der Waals surface area (Å²) in [5.74, 6) is 1.12. The van der Waals surface area contributed by atoms with Gasteiger partial charge in [0.1, 0.15) is 11.5 Å². The number of sulfone groups is 1. The molecule has 3 aromatic heterocycles. The highest BCUT2D eigenvalue weighted by Crippen LogP contribution is 2.32. The zero-order chi connectivity index (χ0) is 23.9. The fraction of sp³-hybridized carbons (Fsp3) is 0.292. The molecule has 0 radical (unpaired) electrons. The summed E-state index contributed by atoms with van der Waals surface area (Å²) in [6, 6.07) is 12.4. The van der Waals surface area contributed by atoms with Gasteiger partial charge >= 0.3 is 0 Å². The molecule has 0 saturated carbocycles. The first-order chi connectivity index (χ1) is 16.3. The topological polar surface area (TPSA) is 116 Å². The fourth-order valence-corrected chi connectivity index (χ4v) is 6.01. The van der Waals surface area contributed by atoms with Gasteiger partial charge < -0.3 is 14.5 Å². The van der Waals surface area contributed by atoms with Gasteiger partial charge in [0.25, 0.3) is 5.91 Å². The lowest BCUT2D eigenvalue weighted by Crippen LogP contribution is -2.23. The van der Waals surface area contributed by atoms with Gasteiger partial charge in [0.2, 0.25) is 0 Å². The second kappa shape index (κ2) is 8.60. The number of carbonyl (C=O) groups excluding carboxylic acids is 1. The number of amides is 1. The molecular formula is C24H24N4O5S. The molecule has 176 valence electrons. The Morgan fingerprint density at radius 1 is 1.26 bits per heavy atom. The Hall–Kier alpha value is -3.66. The zero-order valence-corrected chi connectivity index (χ0v) is 19.6. The molecule has 9 nitrogen and oxygen atoms in total. The van der Waals surface area contributed by atoms with E-state index in [4.69, 9.17) is 14.1 Å². The van der Waals surface area contributed by atoms with Crippen LogP contribution in [0.4, 0.5) is 0 Å². The Bertz CT molecular complexity index is 1470. The van der Waals surface area contributed by atoms with Crippen LogP contribution in [0.3, 0.4) is 0 Å². The first kappa shape index (κ1) is 22.1. The molecule has 1 saturated heterocycles. The van der Waals surface area contributed by atoms with Crippen LogP contribution in [-0.4, -0.2) is 47.7 Å². The number of benzene rings is 1. The summed E-state index contributed by atoms with van der Waals surface area (Å²) in [6.45, 7) is 2.04. The Labute approximate surface area is 196 Å². The molecule has 1 aliphatic heterocycles. The van der Waals surface area contributed by atoms with E-state index in [0.717, 1.165) is 5.56 Å². The van der Waals surface area contributed by atoms with Crippen LogP contribution in [-0.2, 0) is 16.4 Å². The van der Waals surface area contributed by atoms with E-state index in [0.29, 0.717) is 45.9 Å². The predicted molar refractivity (Wildman–Crippen MR) is 126 cm³/mol. The van der Waals surface area contributed by atoms with Crippen molar-refractivity contribution in [2.75, 3.05) is 18.6 Å². The van der Waals surface area contributed by atoms with Crippen LogP contribution in [0.25, 0.3) is 22.3 Å². The molecule has 10 heteroatoms. The molecule has 1 amide bonds. The summed E-state index contributed by atoms with van der Waals surface area (Å²) in [6.07, 6.45) is 2.01. The van der Waals surface area contributed by atoms with Gasteiger partial charge in [0.05, 0.1) is 59.8 Å². The number of ether oxygens (including phenoxy) is 1. The largest absolute Gasteiger partial charge is 0.497 e. The minimum atomic E-state index is -3.13. The fourth-order valence-electron chi connectivity index (χ4n) is 4.32. The average molecular weight is 481 g/mol. The molecule has 0 bridgehead atoms. The minimum Gasteiger partial charge on any atom is -0.497 e. The molecule has 1 aliphatic rings. The Morgan fingerprint density at radius 3 is 2.82 bits per heavy atom. The number of methoxy groups -OCH3 is 1. The first-order valence-electron chi connectivity index (χ1n) is 10.9. The number of aryl methyl sites for hydroxylation is 1. The summed E-state index contributed by atoms with van der Waals surface area (Å²) in [4.78, 5) is 18.1. The molecule has 0 spiro atoms. The summed E-state index contributed by atoms with van der Waals surface area (Å²) in [5.41, 5.74) is 2.86. The van der Waals surface area contributed by atoms with Crippen molar-refractivity contribution in [2.24, 2.45) is 0 Å². The standard InChI is InChI=1S/C24H24N4O5S/c1-15-22-20(24(29)25-13-19-7-4-9-33-19)12-21(16-5-3-6-18(11-16)32-2)26-23(22)28(27-15)17-8-10-34(30,31)14-17/h3-7,9,11-12,17H,8,10,13-14H2,1-2H3,(H,25,29). The third-order valence-corrected chi connectivity index (χ3v) is 7.75. The number of hydrogen-bond acceptors (Lipinski definition) is 7. The van der Waals surface area contributed by atoms with Crippen LogP contribution >= 0.6 is 0 Å². The van der Waals surface area contributed by atoms with Gasteiger partial charge in [-0.2, -0.15) is 5.10 Å². The van der Waals surface area contributed by atoms with Crippen molar-refractivity contribution in [1.82, 2.24) is 20.1 Å². The monoisotopic (exact) mass is 480 g/mol. The van der Waals surface area contributed by atoms with Gasteiger partial charge in [-0.25, -0.2) is 18.1 Å². The number of pyridine rings is 1. The Kier molecular flexibility index (Phi) is 5.60. The average Bonchev–Trinajstić information content (AvgIpc) is 3.56. The van der Waals surface area contributed by atoms with Gasteiger partial charge in [0, 0.05) is 5.56 Å². The highest BCUT2D eigenvalue weighted by atomic mass is 32.2. The summed E-state index contributed by atoms with van der Waals surface area (Å²) >= 11 is 0. The highest BCUT2D eigenvalue weighted by molar-refractivity contribution is 7.91. The summed E-state index contributed by atoms with van der Waals surface area (Å²) in [7, 11) is -1.54. The molecule has 1 N–H and O–H groups in total. The van der Waals surface area contributed by atoms with E-state index in [1.54, 1.807) is 43.2 Å². The van der Waals surface area contributed by atoms with Crippen LogP contribution < -0.4 is 10.1 Å². The van der Waals surface area contributed by atoms with Crippen LogP contribution in [0, 0.1) is 6.92 Å². The lowest BCUT2D eigenvalue weighted by molar-refractivity contribution is 0.0949. The highest BCUT2D eigenvalue weighted by Gasteiger charge is 2.32. The third-order valence-electron chi connectivity index (χ3n) is 6.00. The van der Waals surface area contributed by atoms with Gasteiger partial charge in [-0.05, 0) is 43.7 Å². The number of hydrogen-bond donors (Lipinski definition) is 1. The van der Waals surface area contributed by atoms with E-state index >= 15 is 0 Å². The van der Waals surface area contributed by atoms with Crippen LogP contribution in [0.15, 0.2) is 53.1 Å². The molecule has 0 aliphatic carbocycles. The number of fused-ring (bicyclic) bond motifs is 1. The second-order valence-corrected chi connectivity index (χ2v) is 10.6. The Balaban J connectivity index is 1.64. The van der Waals surface area contributed by atoms with Crippen molar-refractivity contribution in [2.45, 2.75) is 25.9 Å². The molecule has 1 fully saturated rings. The predicted octanol–water partition coefficient (Wildman–Crippen LogP) is 3.30. The molecule has 34 heavy (non-hydrogen) atoms. The number of furan rings is 1. The van der Waals surface area contributed by atoms with Gasteiger partial charge in [-0.3, -0.25) is 4.79 Å². The maximum atomic E-state index is 13.3. The number of carbonyl (C=O) groups is 1. The van der Waals surface area contributed by atoms with Crippen molar-refractivity contribution in [1.29, 1.82) is 0 Å². The smallest absolute Gasteiger partial charge is 0.252 e. The summed E-state index contributed by atoms with van der Waals surface area (Å²) in [5, 5.41) is 8.13. The molecule has 1 unspecified atom stereocenters. The first-order valence-corrected chi connectivity index (χ1v) is 12.7. The van der Waals surface area contributed by atoms with E-state index < -0.39 is 9.84 Å². The number of rotatable bonds is 6. The molecule has 1 atom stereocenters. The SMILES string of the molecule is COc1cccc(-c2cc(C(=O)NCc3ccco3)c3c(C)nn(C4CCS(=O)(=O)C4)c3n2)c1. The maximum Gasteiger partial charge on any atom is 0.252 e. The quantitative estimate of drug-likeness (QED) is 0.450. The normalized spacial score (nSPS) is 17.2. The lowest BCUT2D eigenvalue weighted by Gasteiger charge is -2.12. The van der Waals surface area contributed by atoms with Crippen LogP contribution in [0.5, 0.6) is 5.75 Å². The number of aromatic nitrogens is 3. The van der Waals surface area contributed by atoms with Gasteiger partial charge in [0.15, 0.2) is 15.5 Å². The van der Waals surface area contributed by atoms with Gasteiger partial charge in [-0.15, -0.1) is 0 Å². The van der Waals surface area contributed by atoms with E-state index in [9.17, 15) is 13.2 Å². The van der Waals surface area contributed by atoms with Crippen LogP contribution in [0.1, 0.15) is 34.3 Å². The number of nitrogens with zero attached hydrogens (tertiary/aromatic N) is 3. The van der Waals surface area contributed by atoms with Crippen LogP contribution in [0.2, 0.25) is 0 Å². The molecule has 4 aromatic rings.